The van der Waals surface area contributed by atoms with E-state index in [4.69, 9.17) is 0 Å². The second-order valence-electron chi connectivity index (χ2n) is 13.5. The highest BCUT2D eigenvalue weighted by molar-refractivity contribution is 5.52. The quantitative estimate of drug-likeness (QED) is 0.140. The minimum Gasteiger partial charge on any atom is -0.206 e. The Hall–Kier alpha value is -6.51. The molecule has 6 rings (SSSR count). The lowest BCUT2D eigenvalue weighted by molar-refractivity contribution is 0.623. The Morgan fingerprint density at radius 1 is 0.302 bits per heavy atom. The van der Waals surface area contributed by atoms with Crippen molar-refractivity contribution in [3.8, 4) is 47.4 Å². The van der Waals surface area contributed by atoms with Gasteiger partial charge in [0.05, 0.1) is 5.56 Å². The van der Waals surface area contributed by atoms with Crippen LogP contribution in [-0.4, -0.2) is 0 Å². The minimum absolute atomic E-state index is 0.284. The van der Waals surface area contributed by atoms with Crippen LogP contribution in [0.3, 0.4) is 0 Å². The highest BCUT2D eigenvalue weighted by Crippen LogP contribution is 2.16. The Kier molecular flexibility index (Phi) is 12.5. The van der Waals surface area contributed by atoms with E-state index in [9.17, 15) is 4.39 Å². The molecule has 0 saturated heterocycles. The standard InChI is InChI=1S/C26H21F.C26H22/c1-18-5-13-25(26(27)15-18)14-12-23-8-6-22(7-9-23)10-11-24-16-19(2)21(4)20(3)17-24;1-19-5-7-23(8-6-19)9-10-24-11-13-25(14-12-24)15-16-26-17-20(2)22(4)21(3)18-26/h5-9,13,15-17H,1-4H3;5-8,11-14,17-18H,1-4H3. The molecule has 0 unspecified atom stereocenters. The fourth-order valence-electron chi connectivity index (χ4n) is 5.42. The first-order valence-electron chi connectivity index (χ1n) is 17.7. The van der Waals surface area contributed by atoms with E-state index in [-0.39, 0.29) is 5.82 Å². The van der Waals surface area contributed by atoms with Gasteiger partial charge in [-0.15, -0.1) is 0 Å². The summed E-state index contributed by atoms with van der Waals surface area (Å²) in [6.07, 6.45) is 0. The SMILES string of the molecule is Cc1ccc(C#Cc2ccc(C#Cc3cc(C)c(C)c(C)c3)cc2)c(F)c1.Cc1ccc(C#Cc2ccc(C#Cc3cc(C)c(C)c(C)c3)cc2)cc1. The van der Waals surface area contributed by atoms with Gasteiger partial charge in [-0.2, -0.15) is 0 Å². The first-order valence-corrected chi connectivity index (χ1v) is 17.7. The molecule has 0 saturated carbocycles. The fraction of sp³-hybridized carbons (Fsp3) is 0.154. The number of hydrogen-bond donors (Lipinski definition) is 0. The topological polar surface area (TPSA) is 0 Å². The largest absolute Gasteiger partial charge is 0.206 e. The first kappa shape index (κ1) is 37.7. The zero-order valence-corrected chi connectivity index (χ0v) is 31.8. The minimum atomic E-state index is -0.284. The van der Waals surface area contributed by atoms with Crippen molar-refractivity contribution in [2.24, 2.45) is 0 Å². The van der Waals surface area contributed by atoms with Crippen LogP contribution in [0, 0.1) is 109 Å². The third-order valence-electron chi connectivity index (χ3n) is 9.20. The van der Waals surface area contributed by atoms with Crippen molar-refractivity contribution >= 4 is 0 Å². The van der Waals surface area contributed by atoms with Crippen LogP contribution in [0.2, 0.25) is 0 Å². The molecule has 0 aliphatic rings. The van der Waals surface area contributed by atoms with Crippen molar-refractivity contribution in [1.29, 1.82) is 0 Å². The highest BCUT2D eigenvalue weighted by Gasteiger charge is 2.01. The second kappa shape index (κ2) is 17.6. The van der Waals surface area contributed by atoms with E-state index in [1.54, 1.807) is 6.07 Å². The third kappa shape index (κ3) is 11.0. The fourth-order valence-corrected chi connectivity index (χ4v) is 5.42. The van der Waals surface area contributed by atoms with Crippen molar-refractivity contribution < 1.29 is 4.39 Å². The molecule has 0 amide bonds. The molecule has 6 aromatic carbocycles. The summed E-state index contributed by atoms with van der Waals surface area (Å²) >= 11 is 0. The second-order valence-corrected chi connectivity index (χ2v) is 13.5. The lowest BCUT2D eigenvalue weighted by Crippen LogP contribution is -1.88. The van der Waals surface area contributed by atoms with Crippen LogP contribution in [-0.2, 0) is 0 Å². The lowest BCUT2D eigenvalue weighted by atomic mass is 10.0. The molecule has 0 N–H and O–H groups in total. The molecule has 0 aromatic heterocycles. The number of aryl methyl sites for hydroxylation is 6. The molecule has 0 atom stereocenters. The molecule has 0 spiro atoms. The van der Waals surface area contributed by atoms with E-state index >= 15 is 0 Å². The molecule has 0 bridgehead atoms. The van der Waals surface area contributed by atoms with Gasteiger partial charge in [-0.3, -0.25) is 0 Å². The molecule has 0 heterocycles. The van der Waals surface area contributed by atoms with Crippen LogP contribution in [0.15, 0.2) is 115 Å². The number of halogens is 1. The van der Waals surface area contributed by atoms with E-state index in [0.29, 0.717) is 5.56 Å². The number of rotatable bonds is 0. The summed E-state index contributed by atoms with van der Waals surface area (Å²) in [5.41, 5.74) is 17.2. The van der Waals surface area contributed by atoms with Crippen molar-refractivity contribution in [3.63, 3.8) is 0 Å². The number of hydrogen-bond acceptors (Lipinski definition) is 0. The van der Waals surface area contributed by atoms with E-state index in [0.717, 1.165) is 44.5 Å². The molecular formula is C52H43F. The average molecular weight is 687 g/mol. The third-order valence-corrected chi connectivity index (χ3v) is 9.20. The summed E-state index contributed by atoms with van der Waals surface area (Å²) in [5.74, 6) is 24.9. The van der Waals surface area contributed by atoms with E-state index in [1.165, 1.54) is 45.0 Å². The number of benzene rings is 6. The zero-order valence-electron chi connectivity index (χ0n) is 31.8. The Morgan fingerprint density at radius 3 is 0.925 bits per heavy atom. The molecule has 0 aliphatic heterocycles. The summed E-state index contributed by atoms with van der Waals surface area (Å²) in [5, 5.41) is 0. The predicted octanol–water partition coefficient (Wildman–Crippen LogP) is 11.6. The van der Waals surface area contributed by atoms with Crippen molar-refractivity contribution in [3.05, 3.63) is 210 Å². The molecule has 0 radical (unpaired) electrons. The Morgan fingerprint density at radius 2 is 0.585 bits per heavy atom. The van der Waals surface area contributed by atoms with Gasteiger partial charge in [-0.1, -0.05) is 71.1 Å². The maximum Gasteiger partial charge on any atom is 0.139 e. The monoisotopic (exact) mass is 686 g/mol. The summed E-state index contributed by atoms with van der Waals surface area (Å²) in [6.45, 7) is 16.7. The van der Waals surface area contributed by atoms with Crippen LogP contribution in [0.5, 0.6) is 0 Å². The Labute approximate surface area is 316 Å². The molecule has 258 valence electrons. The maximum absolute atomic E-state index is 13.8. The van der Waals surface area contributed by atoms with Gasteiger partial charge < -0.3 is 0 Å². The summed E-state index contributed by atoms with van der Waals surface area (Å²) in [7, 11) is 0. The van der Waals surface area contributed by atoms with Crippen LogP contribution in [0.25, 0.3) is 0 Å². The molecule has 53 heavy (non-hydrogen) atoms. The van der Waals surface area contributed by atoms with Gasteiger partial charge in [0, 0.05) is 38.9 Å². The van der Waals surface area contributed by atoms with Gasteiger partial charge in [0.25, 0.3) is 0 Å². The van der Waals surface area contributed by atoms with E-state index < -0.39 is 0 Å². The van der Waals surface area contributed by atoms with Gasteiger partial charge in [0.15, 0.2) is 0 Å². The summed E-state index contributed by atoms with van der Waals surface area (Å²) < 4.78 is 13.8. The van der Waals surface area contributed by atoms with Gasteiger partial charge in [0.2, 0.25) is 0 Å². The van der Waals surface area contributed by atoms with E-state index in [2.05, 4.69) is 132 Å². The van der Waals surface area contributed by atoms with Crippen LogP contribution in [0.1, 0.15) is 89.0 Å². The van der Waals surface area contributed by atoms with Crippen molar-refractivity contribution in [2.45, 2.75) is 55.4 Å². The average Bonchev–Trinajstić information content (AvgIpc) is 3.15. The molecular weight excluding hydrogens is 644 g/mol. The smallest absolute Gasteiger partial charge is 0.139 e. The summed E-state index contributed by atoms with van der Waals surface area (Å²) in [4.78, 5) is 0. The van der Waals surface area contributed by atoms with Gasteiger partial charge in [0.1, 0.15) is 5.82 Å². The van der Waals surface area contributed by atoms with Gasteiger partial charge in [-0.25, -0.2) is 4.39 Å². The molecule has 6 aromatic rings. The van der Waals surface area contributed by atoms with Crippen LogP contribution < -0.4 is 0 Å². The zero-order chi connectivity index (χ0) is 37.9. The van der Waals surface area contributed by atoms with Gasteiger partial charge in [-0.05, 0) is 191 Å². The lowest BCUT2D eigenvalue weighted by Gasteiger charge is -2.04. The van der Waals surface area contributed by atoms with Crippen LogP contribution >= 0.6 is 0 Å². The normalized spacial score (nSPS) is 9.75. The van der Waals surface area contributed by atoms with Crippen molar-refractivity contribution in [1.82, 2.24) is 0 Å². The molecule has 0 fully saturated rings. The maximum atomic E-state index is 13.8. The van der Waals surface area contributed by atoms with E-state index in [1.807, 2.05) is 73.7 Å². The Bertz CT molecular complexity index is 2470. The molecule has 0 nitrogen and oxygen atoms in total. The van der Waals surface area contributed by atoms with Gasteiger partial charge >= 0.3 is 0 Å². The molecule has 0 aliphatic carbocycles. The Balaban J connectivity index is 0.000000204. The molecule has 1 heteroatoms. The van der Waals surface area contributed by atoms with Crippen molar-refractivity contribution in [2.75, 3.05) is 0 Å². The highest BCUT2D eigenvalue weighted by atomic mass is 19.1. The predicted molar refractivity (Wildman–Crippen MR) is 220 cm³/mol. The van der Waals surface area contributed by atoms with Crippen LogP contribution in [0.4, 0.5) is 4.39 Å². The first-order chi connectivity index (χ1) is 25.4. The summed E-state index contributed by atoms with van der Waals surface area (Å²) in [6, 6.07) is 37.7.